The van der Waals surface area contributed by atoms with E-state index in [2.05, 4.69) is 91.1 Å². The van der Waals surface area contributed by atoms with E-state index in [0.29, 0.717) is 0 Å². The Morgan fingerprint density at radius 2 is 1.03 bits per heavy atom. The van der Waals surface area contributed by atoms with Crippen LogP contribution in [0.3, 0.4) is 0 Å². The van der Waals surface area contributed by atoms with Crippen molar-refractivity contribution in [2.75, 3.05) is 13.1 Å². The van der Waals surface area contributed by atoms with Crippen LogP contribution in [0, 0.1) is 5.92 Å². The molecule has 0 amide bonds. The molecule has 0 radical (unpaired) electrons. The zero-order valence-electron chi connectivity index (χ0n) is 21.5. The van der Waals surface area contributed by atoms with Crippen LogP contribution < -0.4 is 5.32 Å². The van der Waals surface area contributed by atoms with Crippen LogP contribution in [0.2, 0.25) is 0 Å². The predicted octanol–water partition coefficient (Wildman–Crippen LogP) is 9.10. The highest BCUT2D eigenvalue weighted by Crippen LogP contribution is 2.12. The highest BCUT2D eigenvalue weighted by atomic mass is 14.8. The van der Waals surface area contributed by atoms with Crippen LogP contribution in [-0.2, 0) is 0 Å². The van der Waals surface area contributed by atoms with Crippen LogP contribution in [0.5, 0.6) is 0 Å². The fraction of sp³-hybridized carbons (Fsp3) is 0.655. The molecule has 1 unspecified atom stereocenters. The van der Waals surface area contributed by atoms with Gasteiger partial charge >= 0.3 is 0 Å². The van der Waals surface area contributed by atoms with E-state index in [0.717, 1.165) is 19.0 Å². The molecular formula is C29H51N. The zero-order chi connectivity index (χ0) is 22.8. The molecule has 0 aromatic carbocycles. The molecule has 0 saturated heterocycles. The molecule has 0 heterocycles. The molecule has 0 fully saturated rings. The molecular weight excluding hydrogens is 362 g/mol. The standard InChI is InChI=1S/C29H51N/c1-24(2)13-9-15-26(5)17-11-19-28(7)21-22-30-23-29(8)20-12-18-27(6)16-10-14-25(3)4/h13-14,17-18,21,29-30H,9-12,15-16,19-20,22-23H2,1-8H3/b26-17+,27-18+,28-21+. The number of rotatable bonds is 16. The summed E-state index contributed by atoms with van der Waals surface area (Å²) in [5, 5.41) is 3.61. The van der Waals surface area contributed by atoms with E-state index in [1.54, 1.807) is 0 Å². The van der Waals surface area contributed by atoms with Gasteiger partial charge in [-0.15, -0.1) is 0 Å². The summed E-state index contributed by atoms with van der Waals surface area (Å²) in [6.07, 6.45) is 21.5. The summed E-state index contributed by atoms with van der Waals surface area (Å²) in [5.41, 5.74) is 7.40. The molecule has 0 aromatic rings. The van der Waals surface area contributed by atoms with Crippen molar-refractivity contribution in [3.63, 3.8) is 0 Å². The first-order valence-electron chi connectivity index (χ1n) is 12.1. The Balaban J connectivity index is 3.91. The summed E-state index contributed by atoms with van der Waals surface area (Å²) in [6, 6.07) is 0. The minimum Gasteiger partial charge on any atom is -0.313 e. The molecule has 0 aliphatic heterocycles. The maximum Gasteiger partial charge on any atom is 0.0137 e. The van der Waals surface area contributed by atoms with E-state index in [1.807, 2.05) is 0 Å². The van der Waals surface area contributed by atoms with Gasteiger partial charge in [0.05, 0.1) is 0 Å². The van der Waals surface area contributed by atoms with Crippen LogP contribution in [-0.4, -0.2) is 13.1 Å². The molecule has 0 saturated carbocycles. The first kappa shape index (κ1) is 28.7. The smallest absolute Gasteiger partial charge is 0.0137 e. The third kappa shape index (κ3) is 20.0. The Morgan fingerprint density at radius 3 is 1.53 bits per heavy atom. The van der Waals surface area contributed by atoms with Crippen LogP contribution in [0.1, 0.15) is 107 Å². The summed E-state index contributed by atoms with van der Waals surface area (Å²) >= 11 is 0. The molecule has 0 aromatic heterocycles. The second-order valence-electron chi connectivity index (χ2n) is 9.67. The summed E-state index contributed by atoms with van der Waals surface area (Å²) in [6.45, 7) is 20.0. The van der Waals surface area contributed by atoms with Gasteiger partial charge in [-0.3, -0.25) is 0 Å². The van der Waals surface area contributed by atoms with E-state index in [9.17, 15) is 0 Å². The van der Waals surface area contributed by atoms with Gasteiger partial charge in [0.1, 0.15) is 0 Å². The number of nitrogens with one attached hydrogen (secondary N) is 1. The van der Waals surface area contributed by atoms with Crippen molar-refractivity contribution in [3.05, 3.63) is 58.2 Å². The monoisotopic (exact) mass is 413 g/mol. The van der Waals surface area contributed by atoms with Gasteiger partial charge in [-0.1, -0.05) is 65.2 Å². The number of hydrogen-bond acceptors (Lipinski definition) is 1. The van der Waals surface area contributed by atoms with Gasteiger partial charge in [-0.05, 0) is 112 Å². The zero-order valence-corrected chi connectivity index (χ0v) is 21.5. The topological polar surface area (TPSA) is 12.0 Å². The van der Waals surface area contributed by atoms with Crippen molar-refractivity contribution < 1.29 is 0 Å². The second kappa shape index (κ2) is 18.4. The van der Waals surface area contributed by atoms with Crippen molar-refractivity contribution >= 4 is 0 Å². The third-order valence-corrected chi connectivity index (χ3v) is 5.45. The van der Waals surface area contributed by atoms with Crippen molar-refractivity contribution in [3.8, 4) is 0 Å². The lowest BCUT2D eigenvalue weighted by atomic mass is 10.0. The summed E-state index contributed by atoms with van der Waals surface area (Å²) < 4.78 is 0. The van der Waals surface area contributed by atoms with Crippen molar-refractivity contribution in [1.29, 1.82) is 0 Å². The molecule has 1 heteroatoms. The molecule has 172 valence electrons. The summed E-state index contributed by atoms with van der Waals surface area (Å²) in [5.74, 6) is 0.729. The highest BCUT2D eigenvalue weighted by molar-refractivity contribution is 5.06. The molecule has 0 rings (SSSR count). The first-order chi connectivity index (χ1) is 14.2. The van der Waals surface area contributed by atoms with Gasteiger partial charge in [-0.25, -0.2) is 0 Å². The minimum atomic E-state index is 0.729. The predicted molar refractivity (Wildman–Crippen MR) is 139 cm³/mol. The Kier molecular flexibility index (Phi) is 17.6. The SMILES string of the molecule is CC(C)=CCC/C(C)=C/CC/C(C)=C/CNCC(C)CC/C=C(\C)CCC=C(C)C. The van der Waals surface area contributed by atoms with Gasteiger partial charge in [0, 0.05) is 6.54 Å². The van der Waals surface area contributed by atoms with Crippen molar-refractivity contribution in [1.82, 2.24) is 5.32 Å². The molecule has 0 aliphatic rings. The Morgan fingerprint density at radius 1 is 0.600 bits per heavy atom. The third-order valence-electron chi connectivity index (χ3n) is 5.45. The fourth-order valence-electron chi connectivity index (χ4n) is 3.32. The minimum absolute atomic E-state index is 0.729. The lowest BCUT2D eigenvalue weighted by Gasteiger charge is -2.11. The van der Waals surface area contributed by atoms with Gasteiger partial charge in [-0.2, -0.15) is 0 Å². The normalized spacial score (nSPS) is 13.9. The van der Waals surface area contributed by atoms with Crippen LogP contribution >= 0.6 is 0 Å². The van der Waals surface area contributed by atoms with Crippen LogP contribution in [0.25, 0.3) is 0 Å². The van der Waals surface area contributed by atoms with E-state index in [4.69, 9.17) is 0 Å². The number of hydrogen-bond donors (Lipinski definition) is 1. The Labute approximate surface area is 189 Å². The molecule has 1 nitrogen and oxygen atoms in total. The van der Waals surface area contributed by atoms with Crippen LogP contribution in [0.15, 0.2) is 58.2 Å². The Bertz CT molecular complexity index is 590. The molecule has 1 atom stereocenters. The number of allylic oxidation sites excluding steroid dienone is 9. The van der Waals surface area contributed by atoms with Gasteiger partial charge < -0.3 is 5.32 Å². The van der Waals surface area contributed by atoms with Gasteiger partial charge in [0.15, 0.2) is 0 Å². The lowest BCUT2D eigenvalue weighted by Crippen LogP contribution is -2.21. The van der Waals surface area contributed by atoms with Crippen molar-refractivity contribution in [2.24, 2.45) is 5.92 Å². The van der Waals surface area contributed by atoms with E-state index >= 15 is 0 Å². The lowest BCUT2D eigenvalue weighted by molar-refractivity contribution is 0.498. The van der Waals surface area contributed by atoms with Crippen LogP contribution in [0.4, 0.5) is 0 Å². The molecule has 0 bridgehead atoms. The van der Waals surface area contributed by atoms with E-state index in [-0.39, 0.29) is 0 Å². The molecule has 0 aliphatic carbocycles. The largest absolute Gasteiger partial charge is 0.313 e. The van der Waals surface area contributed by atoms with Crippen molar-refractivity contribution in [2.45, 2.75) is 107 Å². The molecule has 0 spiro atoms. The molecule has 1 N–H and O–H groups in total. The summed E-state index contributed by atoms with van der Waals surface area (Å²) in [7, 11) is 0. The van der Waals surface area contributed by atoms with Gasteiger partial charge in [0.2, 0.25) is 0 Å². The van der Waals surface area contributed by atoms with E-state index < -0.39 is 0 Å². The van der Waals surface area contributed by atoms with Gasteiger partial charge in [0.25, 0.3) is 0 Å². The highest BCUT2D eigenvalue weighted by Gasteiger charge is 2.00. The first-order valence-corrected chi connectivity index (χ1v) is 12.1. The average Bonchev–Trinajstić information content (AvgIpc) is 2.64. The average molecular weight is 414 g/mol. The maximum atomic E-state index is 3.61. The maximum absolute atomic E-state index is 3.61. The Hall–Kier alpha value is -1.34. The van der Waals surface area contributed by atoms with E-state index in [1.165, 1.54) is 79.2 Å². The quantitative estimate of drug-likeness (QED) is 0.196. The second-order valence-corrected chi connectivity index (χ2v) is 9.67. The fourth-order valence-corrected chi connectivity index (χ4v) is 3.32. The molecule has 30 heavy (non-hydrogen) atoms. The summed E-state index contributed by atoms with van der Waals surface area (Å²) in [4.78, 5) is 0.